The van der Waals surface area contributed by atoms with Crippen molar-refractivity contribution in [1.82, 2.24) is 9.88 Å². The molecule has 0 fully saturated rings. The second-order valence-corrected chi connectivity index (χ2v) is 5.25. The number of carbonyl (C=O) groups excluding carboxylic acids is 1. The first-order valence-electron chi connectivity index (χ1n) is 7.55. The molecule has 6 nitrogen and oxygen atoms in total. The Morgan fingerprint density at radius 3 is 2.29 bits per heavy atom. The zero-order valence-corrected chi connectivity index (χ0v) is 14.4. The summed E-state index contributed by atoms with van der Waals surface area (Å²) in [6.07, 6.45) is 3.88. The van der Waals surface area contributed by atoms with Crippen LogP contribution in [0.2, 0.25) is 0 Å². The highest BCUT2D eigenvalue weighted by atomic mass is 16.5. The van der Waals surface area contributed by atoms with Crippen LogP contribution in [0.25, 0.3) is 0 Å². The van der Waals surface area contributed by atoms with E-state index in [1.807, 2.05) is 12.1 Å². The van der Waals surface area contributed by atoms with E-state index in [-0.39, 0.29) is 5.91 Å². The van der Waals surface area contributed by atoms with Crippen molar-refractivity contribution in [2.45, 2.75) is 6.42 Å². The Morgan fingerprint density at radius 2 is 1.79 bits per heavy atom. The number of pyridine rings is 1. The minimum atomic E-state index is -0.0597. The molecule has 128 valence electrons. The fraction of sp³-hybridized carbons (Fsp3) is 0.333. The highest BCUT2D eigenvalue weighted by Gasteiger charge is 2.15. The van der Waals surface area contributed by atoms with Crippen LogP contribution in [0.4, 0.5) is 0 Å². The van der Waals surface area contributed by atoms with Crippen LogP contribution in [-0.2, 0) is 6.42 Å². The highest BCUT2D eigenvalue weighted by molar-refractivity contribution is 5.93. The summed E-state index contributed by atoms with van der Waals surface area (Å²) < 4.78 is 16.0. The summed E-state index contributed by atoms with van der Waals surface area (Å²) in [6.45, 7) is 0.562. The molecule has 1 aromatic carbocycles. The van der Waals surface area contributed by atoms with Crippen molar-refractivity contribution in [3.05, 3.63) is 47.8 Å². The summed E-state index contributed by atoms with van der Waals surface area (Å²) in [5.74, 6) is 1.71. The Balaban J connectivity index is 2.10. The van der Waals surface area contributed by atoms with Crippen molar-refractivity contribution < 1.29 is 19.0 Å². The van der Waals surface area contributed by atoms with Gasteiger partial charge in [-0.05, 0) is 36.2 Å². The van der Waals surface area contributed by atoms with Crippen LogP contribution in [-0.4, -0.2) is 50.7 Å². The van der Waals surface area contributed by atoms with Crippen molar-refractivity contribution in [3.8, 4) is 17.2 Å². The smallest absolute Gasteiger partial charge is 0.255 e. The van der Waals surface area contributed by atoms with Crippen LogP contribution in [0.1, 0.15) is 15.9 Å². The summed E-state index contributed by atoms with van der Waals surface area (Å²) in [6, 6.07) is 7.29. The Bertz CT molecular complexity index is 664. The summed E-state index contributed by atoms with van der Waals surface area (Å²) in [7, 11) is 6.51. The van der Waals surface area contributed by atoms with Crippen molar-refractivity contribution in [2.24, 2.45) is 0 Å². The third-order valence-electron chi connectivity index (χ3n) is 3.72. The molecule has 1 heterocycles. The lowest BCUT2D eigenvalue weighted by Crippen LogP contribution is -2.28. The fourth-order valence-corrected chi connectivity index (χ4v) is 2.39. The lowest BCUT2D eigenvalue weighted by molar-refractivity contribution is 0.0796. The fourth-order valence-electron chi connectivity index (χ4n) is 2.39. The molecule has 0 aliphatic rings. The van der Waals surface area contributed by atoms with Gasteiger partial charge in [-0.1, -0.05) is 0 Å². The number of likely N-dealkylation sites (N-methyl/N-ethyl adjacent to an activating group) is 1. The van der Waals surface area contributed by atoms with Crippen LogP contribution in [0.3, 0.4) is 0 Å². The van der Waals surface area contributed by atoms with Gasteiger partial charge in [0, 0.05) is 26.0 Å². The molecular formula is C18H22N2O4. The molecule has 0 unspecified atom stereocenters. The molecule has 0 bridgehead atoms. The van der Waals surface area contributed by atoms with Crippen LogP contribution in [0.5, 0.6) is 17.2 Å². The second-order valence-electron chi connectivity index (χ2n) is 5.25. The summed E-state index contributed by atoms with van der Waals surface area (Å²) >= 11 is 0. The normalized spacial score (nSPS) is 10.2. The van der Waals surface area contributed by atoms with Crippen LogP contribution in [0, 0.1) is 0 Å². The highest BCUT2D eigenvalue weighted by Crippen LogP contribution is 2.38. The zero-order chi connectivity index (χ0) is 17.5. The van der Waals surface area contributed by atoms with E-state index in [0.717, 1.165) is 5.56 Å². The van der Waals surface area contributed by atoms with E-state index in [4.69, 9.17) is 14.2 Å². The van der Waals surface area contributed by atoms with Crippen molar-refractivity contribution in [1.29, 1.82) is 0 Å². The van der Waals surface area contributed by atoms with Gasteiger partial charge in [-0.3, -0.25) is 9.78 Å². The molecule has 6 heteroatoms. The number of ether oxygens (including phenoxy) is 3. The Hall–Kier alpha value is -2.76. The Labute approximate surface area is 142 Å². The third-order valence-corrected chi connectivity index (χ3v) is 3.72. The van der Waals surface area contributed by atoms with E-state index < -0.39 is 0 Å². The molecule has 0 saturated carbocycles. The molecule has 2 rings (SSSR count). The largest absolute Gasteiger partial charge is 0.493 e. The summed E-state index contributed by atoms with van der Waals surface area (Å²) in [5, 5.41) is 0. The van der Waals surface area contributed by atoms with E-state index in [1.165, 1.54) is 0 Å². The molecule has 0 radical (unpaired) electrons. The number of hydrogen-bond donors (Lipinski definition) is 0. The number of rotatable bonds is 7. The molecule has 1 amide bonds. The average molecular weight is 330 g/mol. The van der Waals surface area contributed by atoms with Gasteiger partial charge in [0.25, 0.3) is 5.91 Å². The van der Waals surface area contributed by atoms with Crippen molar-refractivity contribution >= 4 is 5.91 Å². The first-order valence-corrected chi connectivity index (χ1v) is 7.55. The van der Waals surface area contributed by atoms with Gasteiger partial charge in [0.1, 0.15) is 0 Å². The van der Waals surface area contributed by atoms with Gasteiger partial charge in [0.15, 0.2) is 11.5 Å². The number of aromatic nitrogens is 1. The number of hydrogen-bond acceptors (Lipinski definition) is 5. The monoisotopic (exact) mass is 330 g/mol. The average Bonchev–Trinajstić information content (AvgIpc) is 2.65. The molecule has 0 atom stereocenters. The first-order chi connectivity index (χ1) is 11.6. The molecule has 0 aliphatic carbocycles. The molecule has 0 aliphatic heterocycles. The summed E-state index contributed by atoms with van der Waals surface area (Å²) in [4.78, 5) is 18.0. The topological polar surface area (TPSA) is 60.9 Å². The standard InChI is InChI=1S/C18H22N2O4/c1-20(18(21)14-6-5-8-19-12-14)9-7-13-10-15(22-2)17(24-4)16(11-13)23-3/h5-6,8,10-12H,7,9H2,1-4H3. The third kappa shape index (κ3) is 3.95. The van der Waals surface area contributed by atoms with Gasteiger partial charge in [0.05, 0.1) is 26.9 Å². The number of benzene rings is 1. The maximum Gasteiger partial charge on any atom is 0.255 e. The number of amides is 1. The van der Waals surface area contributed by atoms with E-state index in [9.17, 15) is 4.79 Å². The van der Waals surface area contributed by atoms with E-state index in [0.29, 0.717) is 35.8 Å². The van der Waals surface area contributed by atoms with Gasteiger partial charge in [-0.25, -0.2) is 0 Å². The second kappa shape index (κ2) is 8.19. The van der Waals surface area contributed by atoms with Gasteiger partial charge in [-0.2, -0.15) is 0 Å². The first kappa shape index (κ1) is 17.6. The summed E-state index contributed by atoms with van der Waals surface area (Å²) in [5.41, 5.74) is 1.57. The minimum Gasteiger partial charge on any atom is -0.493 e. The molecule has 24 heavy (non-hydrogen) atoms. The predicted molar refractivity (Wildman–Crippen MR) is 91.0 cm³/mol. The SMILES string of the molecule is COc1cc(CCN(C)C(=O)c2cccnc2)cc(OC)c1OC. The number of carbonyl (C=O) groups is 1. The van der Waals surface area contributed by atoms with Crippen LogP contribution < -0.4 is 14.2 Å². The van der Waals surface area contributed by atoms with E-state index >= 15 is 0 Å². The Morgan fingerprint density at radius 1 is 1.12 bits per heavy atom. The molecule has 1 aromatic heterocycles. The maximum atomic E-state index is 12.3. The molecule has 0 saturated heterocycles. The molecule has 0 spiro atoms. The lowest BCUT2D eigenvalue weighted by atomic mass is 10.1. The van der Waals surface area contributed by atoms with Gasteiger partial charge < -0.3 is 19.1 Å². The van der Waals surface area contributed by atoms with Gasteiger partial charge in [0.2, 0.25) is 5.75 Å². The molecular weight excluding hydrogens is 308 g/mol. The van der Waals surface area contributed by atoms with Crippen molar-refractivity contribution in [3.63, 3.8) is 0 Å². The van der Waals surface area contributed by atoms with Gasteiger partial charge >= 0.3 is 0 Å². The van der Waals surface area contributed by atoms with E-state index in [2.05, 4.69) is 4.98 Å². The Kier molecular flexibility index (Phi) is 6.01. The van der Waals surface area contributed by atoms with Crippen LogP contribution in [0.15, 0.2) is 36.7 Å². The van der Waals surface area contributed by atoms with E-state index in [1.54, 1.807) is 57.8 Å². The minimum absolute atomic E-state index is 0.0597. The quantitative estimate of drug-likeness (QED) is 0.780. The predicted octanol–water partition coefficient (Wildman–Crippen LogP) is 2.42. The maximum absolute atomic E-state index is 12.3. The zero-order valence-electron chi connectivity index (χ0n) is 14.4. The number of methoxy groups -OCH3 is 3. The lowest BCUT2D eigenvalue weighted by Gasteiger charge is -2.18. The number of nitrogens with zero attached hydrogens (tertiary/aromatic N) is 2. The van der Waals surface area contributed by atoms with Crippen molar-refractivity contribution in [2.75, 3.05) is 34.9 Å². The molecule has 2 aromatic rings. The van der Waals surface area contributed by atoms with Crippen LogP contribution >= 0.6 is 0 Å². The van der Waals surface area contributed by atoms with Gasteiger partial charge in [-0.15, -0.1) is 0 Å². The molecule has 0 N–H and O–H groups in total.